The van der Waals surface area contributed by atoms with Crippen LogP contribution in [0, 0.1) is 0 Å². The van der Waals surface area contributed by atoms with Crippen LogP contribution in [-0.2, 0) is 4.79 Å². The Kier molecular flexibility index (Phi) is 3.25. The third kappa shape index (κ3) is 3.55. The molecule has 0 aromatic carbocycles. The number of hydrogen-bond donors (Lipinski definition) is 2. The van der Waals surface area contributed by atoms with Gasteiger partial charge in [-0.15, -0.1) is 0 Å². The molecule has 0 saturated carbocycles. The molecule has 0 bridgehead atoms. The van der Waals surface area contributed by atoms with Crippen LogP contribution in [0.4, 0.5) is 5.69 Å². The van der Waals surface area contributed by atoms with Crippen LogP contribution in [0.3, 0.4) is 0 Å². The smallest absolute Gasteiger partial charge is 0.305 e. The molecule has 1 atom stereocenters. The molecule has 4 nitrogen and oxygen atoms in total. The number of carbonyl (C=O) groups is 1. The molecule has 0 saturated heterocycles. The topological polar surface area (TPSA) is 62.2 Å². The van der Waals surface area contributed by atoms with Crippen LogP contribution in [0.15, 0.2) is 24.5 Å². The molecule has 0 aliphatic carbocycles. The third-order valence-electron chi connectivity index (χ3n) is 1.57. The first-order valence-corrected chi connectivity index (χ1v) is 4.07. The van der Waals surface area contributed by atoms with Crippen LogP contribution < -0.4 is 5.32 Å². The number of nitrogens with zero attached hydrogens (tertiary/aromatic N) is 1. The summed E-state index contributed by atoms with van der Waals surface area (Å²) in [5.41, 5.74) is 0.892. The van der Waals surface area contributed by atoms with Gasteiger partial charge in [0.25, 0.3) is 0 Å². The summed E-state index contributed by atoms with van der Waals surface area (Å²) in [6.45, 7) is 1.83. The average Bonchev–Trinajstić information content (AvgIpc) is 2.04. The van der Waals surface area contributed by atoms with E-state index in [1.807, 2.05) is 6.92 Å². The monoisotopic (exact) mass is 180 g/mol. The first kappa shape index (κ1) is 9.51. The highest BCUT2D eigenvalue weighted by atomic mass is 16.4. The van der Waals surface area contributed by atoms with Crippen molar-refractivity contribution >= 4 is 11.7 Å². The third-order valence-corrected chi connectivity index (χ3v) is 1.57. The van der Waals surface area contributed by atoms with Gasteiger partial charge in [-0.25, -0.2) is 0 Å². The van der Waals surface area contributed by atoms with Gasteiger partial charge < -0.3 is 10.4 Å². The van der Waals surface area contributed by atoms with E-state index in [1.54, 1.807) is 24.5 Å². The normalized spacial score (nSPS) is 12.1. The van der Waals surface area contributed by atoms with Gasteiger partial charge in [0, 0.05) is 24.1 Å². The number of aromatic nitrogens is 1. The molecular formula is C9H12N2O2. The standard InChI is InChI=1S/C9H12N2O2/c1-7(6-9(12)13)11-8-2-4-10-5-3-8/h2-5,7H,6H2,1H3,(H,10,11)(H,12,13)/t7-/m1/s1. The SMILES string of the molecule is C[C@H](CC(=O)O)Nc1ccncc1. The minimum atomic E-state index is -0.797. The Labute approximate surface area is 76.6 Å². The van der Waals surface area contributed by atoms with Crippen LogP contribution in [0.5, 0.6) is 0 Å². The number of anilines is 1. The van der Waals surface area contributed by atoms with Gasteiger partial charge in [-0.05, 0) is 19.1 Å². The van der Waals surface area contributed by atoms with E-state index in [1.165, 1.54) is 0 Å². The van der Waals surface area contributed by atoms with Gasteiger partial charge in [-0.1, -0.05) is 0 Å². The van der Waals surface area contributed by atoms with E-state index in [0.717, 1.165) is 5.69 Å². The quantitative estimate of drug-likeness (QED) is 0.734. The summed E-state index contributed by atoms with van der Waals surface area (Å²) in [5.74, 6) is -0.797. The van der Waals surface area contributed by atoms with E-state index in [2.05, 4.69) is 10.3 Å². The second-order valence-corrected chi connectivity index (χ2v) is 2.88. The predicted molar refractivity (Wildman–Crippen MR) is 49.6 cm³/mol. The van der Waals surface area contributed by atoms with Crippen molar-refractivity contribution in [3.05, 3.63) is 24.5 Å². The van der Waals surface area contributed by atoms with E-state index in [9.17, 15) is 4.79 Å². The fourth-order valence-corrected chi connectivity index (χ4v) is 1.05. The van der Waals surface area contributed by atoms with Crippen LogP contribution in [-0.4, -0.2) is 22.1 Å². The van der Waals surface area contributed by atoms with Gasteiger partial charge in [-0.2, -0.15) is 0 Å². The molecule has 70 valence electrons. The highest BCUT2D eigenvalue weighted by Gasteiger charge is 2.06. The van der Waals surface area contributed by atoms with Crippen LogP contribution >= 0.6 is 0 Å². The molecule has 0 amide bonds. The Balaban J connectivity index is 2.45. The van der Waals surface area contributed by atoms with E-state index in [-0.39, 0.29) is 12.5 Å². The summed E-state index contributed by atoms with van der Waals surface area (Å²) in [5, 5.41) is 11.6. The van der Waals surface area contributed by atoms with Gasteiger partial charge in [-0.3, -0.25) is 9.78 Å². The summed E-state index contributed by atoms with van der Waals surface area (Å²) in [6, 6.07) is 3.54. The maximum absolute atomic E-state index is 10.3. The molecule has 1 aromatic heterocycles. The highest BCUT2D eigenvalue weighted by molar-refractivity contribution is 5.68. The number of carboxylic acid groups (broad SMARTS) is 1. The lowest BCUT2D eigenvalue weighted by molar-refractivity contribution is -0.137. The fraction of sp³-hybridized carbons (Fsp3) is 0.333. The lowest BCUT2D eigenvalue weighted by atomic mass is 10.2. The van der Waals surface area contributed by atoms with Gasteiger partial charge >= 0.3 is 5.97 Å². The van der Waals surface area contributed by atoms with Gasteiger partial charge in [0.1, 0.15) is 0 Å². The van der Waals surface area contributed by atoms with Crippen LogP contribution in [0.2, 0.25) is 0 Å². The van der Waals surface area contributed by atoms with E-state index < -0.39 is 5.97 Å². The molecule has 0 unspecified atom stereocenters. The molecule has 2 N–H and O–H groups in total. The number of pyridine rings is 1. The van der Waals surface area contributed by atoms with Gasteiger partial charge in [0.2, 0.25) is 0 Å². The molecule has 0 aliphatic rings. The van der Waals surface area contributed by atoms with Crippen LogP contribution in [0.25, 0.3) is 0 Å². The Morgan fingerprint density at radius 2 is 2.23 bits per heavy atom. The number of nitrogens with one attached hydrogen (secondary N) is 1. The van der Waals surface area contributed by atoms with Crippen molar-refractivity contribution in [1.82, 2.24) is 4.98 Å². The Bertz CT molecular complexity index is 274. The van der Waals surface area contributed by atoms with Crippen molar-refractivity contribution in [3.8, 4) is 0 Å². The van der Waals surface area contributed by atoms with Gasteiger partial charge in [0.05, 0.1) is 6.42 Å². The Hall–Kier alpha value is -1.58. The fourth-order valence-electron chi connectivity index (χ4n) is 1.05. The lowest BCUT2D eigenvalue weighted by Crippen LogP contribution is -2.19. The van der Waals surface area contributed by atoms with Crippen LogP contribution in [0.1, 0.15) is 13.3 Å². The Morgan fingerprint density at radius 1 is 1.62 bits per heavy atom. The summed E-state index contributed by atoms with van der Waals surface area (Å²) >= 11 is 0. The molecule has 1 heterocycles. The zero-order valence-corrected chi connectivity index (χ0v) is 7.40. The second-order valence-electron chi connectivity index (χ2n) is 2.88. The van der Waals surface area contributed by atoms with Crippen molar-refractivity contribution in [2.75, 3.05) is 5.32 Å². The van der Waals surface area contributed by atoms with Crippen molar-refractivity contribution in [2.45, 2.75) is 19.4 Å². The minimum absolute atomic E-state index is 0.0695. The molecule has 0 fully saturated rings. The summed E-state index contributed by atoms with van der Waals surface area (Å²) in [7, 11) is 0. The minimum Gasteiger partial charge on any atom is -0.481 e. The number of hydrogen-bond acceptors (Lipinski definition) is 3. The summed E-state index contributed by atoms with van der Waals surface area (Å²) in [4.78, 5) is 14.2. The highest BCUT2D eigenvalue weighted by Crippen LogP contribution is 2.06. The predicted octanol–water partition coefficient (Wildman–Crippen LogP) is 1.36. The van der Waals surface area contributed by atoms with Crippen molar-refractivity contribution in [3.63, 3.8) is 0 Å². The summed E-state index contributed by atoms with van der Waals surface area (Å²) in [6.07, 6.45) is 3.44. The maximum Gasteiger partial charge on any atom is 0.305 e. The molecule has 13 heavy (non-hydrogen) atoms. The zero-order chi connectivity index (χ0) is 9.68. The molecule has 1 aromatic rings. The second kappa shape index (κ2) is 4.45. The van der Waals surface area contributed by atoms with Crippen molar-refractivity contribution in [1.29, 1.82) is 0 Å². The van der Waals surface area contributed by atoms with E-state index in [4.69, 9.17) is 5.11 Å². The largest absolute Gasteiger partial charge is 0.481 e. The molecule has 0 spiro atoms. The molecule has 1 rings (SSSR count). The number of rotatable bonds is 4. The van der Waals surface area contributed by atoms with E-state index >= 15 is 0 Å². The van der Waals surface area contributed by atoms with Gasteiger partial charge in [0.15, 0.2) is 0 Å². The van der Waals surface area contributed by atoms with E-state index in [0.29, 0.717) is 0 Å². The zero-order valence-electron chi connectivity index (χ0n) is 7.40. The number of carboxylic acids is 1. The maximum atomic E-state index is 10.3. The van der Waals surface area contributed by atoms with Crippen molar-refractivity contribution < 1.29 is 9.90 Å². The molecule has 4 heteroatoms. The Morgan fingerprint density at radius 3 is 2.77 bits per heavy atom. The summed E-state index contributed by atoms with van der Waals surface area (Å²) < 4.78 is 0. The molecular weight excluding hydrogens is 168 g/mol. The molecule has 0 radical (unpaired) electrons. The average molecular weight is 180 g/mol. The number of aliphatic carboxylic acids is 1. The first-order chi connectivity index (χ1) is 6.18. The van der Waals surface area contributed by atoms with Crippen molar-refractivity contribution in [2.24, 2.45) is 0 Å². The molecule has 0 aliphatic heterocycles. The first-order valence-electron chi connectivity index (χ1n) is 4.07. The lowest BCUT2D eigenvalue weighted by Gasteiger charge is -2.12.